The van der Waals surface area contributed by atoms with Crippen LogP contribution in [0.3, 0.4) is 0 Å². The van der Waals surface area contributed by atoms with E-state index in [1.165, 1.54) is 0 Å². The summed E-state index contributed by atoms with van der Waals surface area (Å²) in [5.41, 5.74) is 0. The molecule has 5 heavy (non-hydrogen) atoms. The first-order chi connectivity index (χ1) is 1.41. The van der Waals surface area contributed by atoms with Gasteiger partial charge in [0.05, 0.1) is 0 Å². The molecule has 28 valence electrons. The second-order valence-corrected chi connectivity index (χ2v) is 3.75. The molecule has 0 saturated heterocycles. The Morgan fingerprint density at radius 3 is 1.20 bits per heavy atom. The van der Waals surface area contributed by atoms with Gasteiger partial charge in [0, 0.05) is 0 Å². The third kappa shape index (κ3) is 18.7. The van der Waals surface area contributed by atoms with E-state index in [4.69, 9.17) is 12.8 Å². The van der Waals surface area contributed by atoms with Gasteiger partial charge in [-0.25, -0.2) is 0 Å². The normalized spacial score (nSPS) is 2.00. The minimum atomic E-state index is -0.931. The average molecular weight is 190 g/mol. The first-order valence-electron chi connectivity index (χ1n) is 0.535. The Kier molecular flexibility index (Phi) is 49.4. The van der Waals surface area contributed by atoms with Crippen LogP contribution < -0.4 is 0 Å². The monoisotopic (exact) mass is 188 g/mol. The van der Waals surface area contributed by atoms with E-state index in [1.807, 2.05) is 0 Å². The molecule has 0 aliphatic rings. The van der Waals surface area contributed by atoms with Crippen LogP contribution in [0, 0.1) is 0 Å². The quantitative estimate of drug-likeness (QED) is 0.487. The molecule has 0 aromatic carbocycles. The van der Waals surface area contributed by atoms with E-state index in [-0.39, 0.29) is 50.1 Å². The number of hydrogen-bond donors (Lipinski definition) is 0. The Hall–Kier alpha value is 3.39. The Bertz CT molecular complexity index is 4.85. The third-order valence-corrected chi connectivity index (χ3v) is 0. The van der Waals surface area contributed by atoms with Gasteiger partial charge < -0.3 is 0 Å². The molecule has 0 nitrogen and oxygen atoms in total. The number of hydrogen-bond acceptors (Lipinski definition) is 0. The van der Waals surface area contributed by atoms with Crippen molar-refractivity contribution in [2.75, 3.05) is 0 Å². The summed E-state index contributed by atoms with van der Waals surface area (Å²) in [7, 11) is 0. The molecule has 0 spiro atoms. The first-order valence-corrected chi connectivity index (χ1v) is 6.61. The molecule has 0 bridgehead atoms. The summed E-state index contributed by atoms with van der Waals surface area (Å²) < 4.78 is 0. The van der Waals surface area contributed by atoms with Crippen LogP contribution in [0.2, 0.25) is 0 Å². The van der Waals surface area contributed by atoms with Crippen LogP contribution in [-0.2, 0) is 0 Å². The zero-order valence-electron chi connectivity index (χ0n) is 1.87. The van der Waals surface area contributed by atoms with Gasteiger partial charge in [-0.2, -0.15) is 0 Å². The van der Waals surface area contributed by atoms with Crippen LogP contribution >= 0.6 is 25.2 Å². The number of rotatable bonds is 0. The zero-order valence-corrected chi connectivity index (χ0v) is 6.41. The second-order valence-electron chi connectivity index (χ2n) is 0.101. The van der Waals surface area contributed by atoms with E-state index in [0.717, 1.165) is 0 Å². The molecular formula is H3Ca2Cl3. The Morgan fingerprint density at radius 1 is 1.20 bits per heavy atom. The van der Waals surface area contributed by atoms with Crippen LogP contribution in [-0.4, -0.2) is 68.6 Å². The fourth-order valence-electron chi connectivity index (χ4n) is 0. The summed E-state index contributed by atoms with van der Waals surface area (Å²) in [6.07, 6.45) is 9.90. The SMILES string of the molecule is Cl.[CaH2].[Cl][Ca][Cl]. The van der Waals surface area contributed by atoms with Crippen LogP contribution in [0.4, 0.5) is 0 Å². The van der Waals surface area contributed by atoms with Crippen LogP contribution in [0.5, 0.6) is 0 Å². The maximum absolute atomic E-state index is 4.95. The van der Waals surface area contributed by atoms with E-state index in [9.17, 15) is 0 Å². The molecule has 0 heterocycles. The van der Waals surface area contributed by atoms with E-state index < -0.39 is 30.8 Å². The van der Waals surface area contributed by atoms with Gasteiger partial charge in [0.2, 0.25) is 0 Å². The van der Waals surface area contributed by atoms with Crippen LogP contribution in [0.25, 0.3) is 0 Å². The van der Waals surface area contributed by atoms with Gasteiger partial charge in [-0.3, -0.25) is 0 Å². The Labute approximate surface area is 91.1 Å². The van der Waals surface area contributed by atoms with Crippen molar-refractivity contribution >= 4 is 93.8 Å². The van der Waals surface area contributed by atoms with Gasteiger partial charge >= 0.3 is 81.4 Å². The van der Waals surface area contributed by atoms with Crippen LogP contribution in [0.15, 0.2) is 0 Å². The van der Waals surface area contributed by atoms with E-state index in [1.54, 1.807) is 0 Å². The first kappa shape index (κ1) is 15.8. The predicted molar refractivity (Wildman–Crippen MR) is 33.3 cm³/mol. The van der Waals surface area contributed by atoms with Crippen molar-refractivity contribution in [1.29, 1.82) is 0 Å². The fourth-order valence-corrected chi connectivity index (χ4v) is 0. The van der Waals surface area contributed by atoms with Gasteiger partial charge in [-0.05, 0) is 0 Å². The fraction of sp³-hybridized carbons (Fsp3) is 0. The molecule has 5 heteroatoms. The molecule has 0 saturated carbocycles. The Balaban J connectivity index is -0.0000000200. The molecule has 0 amide bonds. The van der Waals surface area contributed by atoms with Crippen molar-refractivity contribution in [1.82, 2.24) is 0 Å². The summed E-state index contributed by atoms with van der Waals surface area (Å²) in [5.74, 6) is 0. The molecule has 0 rings (SSSR count). The summed E-state index contributed by atoms with van der Waals surface area (Å²) >= 11 is -0.931. The summed E-state index contributed by atoms with van der Waals surface area (Å²) in [6, 6.07) is 0. The van der Waals surface area contributed by atoms with Crippen molar-refractivity contribution < 1.29 is 0 Å². The number of halogens is 3. The van der Waals surface area contributed by atoms with E-state index in [0.29, 0.717) is 0 Å². The summed E-state index contributed by atoms with van der Waals surface area (Å²) in [5, 5.41) is 0. The molecule has 0 aromatic rings. The standard InChI is InChI=1S/2Ca.3ClH.2H/h;;3*1H;;/q;+2;;;;;/p-2. The summed E-state index contributed by atoms with van der Waals surface area (Å²) in [4.78, 5) is 0. The van der Waals surface area contributed by atoms with Gasteiger partial charge in [0.25, 0.3) is 0 Å². The summed E-state index contributed by atoms with van der Waals surface area (Å²) in [6.45, 7) is 0. The van der Waals surface area contributed by atoms with Crippen molar-refractivity contribution in [2.24, 2.45) is 0 Å². The molecule has 0 aromatic heterocycles. The molecule has 0 radical (unpaired) electrons. The zero-order chi connectivity index (χ0) is 2.71. The third-order valence-electron chi connectivity index (χ3n) is 0. The van der Waals surface area contributed by atoms with E-state index in [2.05, 4.69) is 0 Å². The van der Waals surface area contributed by atoms with Crippen molar-refractivity contribution in [3.63, 3.8) is 0 Å². The maximum atomic E-state index is 4.95. The minimum absolute atomic E-state index is 0. The average Bonchev–Trinajstić information content (AvgIpc) is 0.918. The Morgan fingerprint density at radius 2 is 1.20 bits per heavy atom. The van der Waals surface area contributed by atoms with Gasteiger partial charge in [0.1, 0.15) is 0 Å². The molecule has 0 fully saturated rings. The van der Waals surface area contributed by atoms with Gasteiger partial charge in [0.15, 0.2) is 0 Å². The molecule has 0 atom stereocenters. The van der Waals surface area contributed by atoms with Gasteiger partial charge in [-0.15, -0.1) is 12.4 Å². The molecular weight excluding hydrogens is 187 g/mol. The van der Waals surface area contributed by atoms with Crippen molar-refractivity contribution in [3.05, 3.63) is 0 Å². The predicted octanol–water partition coefficient (Wildman–Crippen LogP) is 0.504. The molecule has 0 aliphatic carbocycles. The van der Waals surface area contributed by atoms with Gasteiger partial charge in [-0.1, -0.05) is 0 Å². The van der Waals surface area contributed by atoms with E-state index >= 15 is 0 Å². The second kappa shape index (κ2) is 15.7. The molecule has 0 unspecified atom stereocenters. The molecule has 0 aliphatic heterocycles. The van der Waals surface area contributed by atoms with Crippen molar-refractivity contribution in [2.45, 2.75) is 0 Å². The van der Waals surface area contributed by atoms with Crippen molar-refractivity contribution in [3.8, 4) is 0 Å². The molecule has 0 N–H and O–H groups in total. The van der Waals surface area contributed by atoms with Crippen LogP contribution in [0.1, 0.15) is 0 Å². The topological polar surface area (TPSA) is 0 Å².